The number of benzene rings is 2. The summed E-state index contributed by atoms with van der Waals surface area (Å²) in [7, 11) is 0. The number of hydrogen-bond donors (Lipinski definition) is 1. The molecule has 1 aliphatic heterocycles. The minimum atomic E-state index is -0.0149. The zero-order valence-corrected chi connectivity index (χ0v) is 16.7. The molecule has 0 aliphatic carbocycles. The lowest BCUT2D eigenvalue weighted by molar-refractivity contribution is 0.0677. The first-order valence-corrected chi connectivity index (χ1v) is 10.2. The average Bonchev–Trinajstić information content (AvgIpc) is 2.78. The maximum atomic E-state index is 13.2. The Morgan fingerprint density at radius 1 is 1.07 bits per heavy atom. The first-order chi connectivity index (χ1) is 14.2. The third-order valence-corrected chi connectivity index (χ3v) is 5.24. The number of anilines is 1. The van der Waals surface area contributed by atoms with Crippen LogP contribution in [0, 0.1) is 5.92 Å². The molecule has 1 amide bonds. The minimum Gasteiger partial charge on any atom is -0.366 e. The van der Waals surface area contributed by atoms with Crippen molar-refractivity contribution in [2.45, 2.75) is 26.3 Å². The molecule has 1 aliphatic rings. The van der Waals surface area contributed by atoms with Gasteiger partial charge in [0.05, 0.1) is 0 Å². The number of piperidine rings is 1. The summed E-state index contributed by atoms with van der Waals surface area (Å²) >= 11 is 0. The fourth-order valence-electron chi connectivity index (χ4n) is 3.69. The van der Waals surface area contributed by atoms with Gasteiger partial charge >= 0.3 is 0 Å². The van der Waals surface area contributed by atoms with E-state index in [0.29, 0.717) is 29.8 Å². The SMILES string of the molecule is CC1CCCN(C(=O)c2cc(NCc3ccccc3)nc(-c3ccccc3)n2)C1. The van der Waals surface area contributed by atoms with Gasteiger partial charge < -0.3 is 10.2 Å². The molecule has 1 atom stereocenters. The molecule has 4 rings (SSSR count). The molecule has 0 radical (unpaired) electrons. The van der Waals surface area contributed by atoms with Crippen molar-refractivity contribution >= 4 is 11.7 Å². The molecule has 3 aromatic rings. The van der Waals surface area contributed by atoms with Gasteiger partial charge in [0.2, 0.25) is 0 Å². The number of likely N-dealkylation sites (tertiary alicyclic amines) is 1. The maximum absolute atomic E-state index is 13.2. The molecule has 29 heavy (non-hydrogen) atoms. The second kappa shape index (κ2) is 8.86. The molecule has 1 saturated heterocycles. The fraction of sp³-hybridized carbons (Fsp3) is 0.292. The minimum absolute atomic E-state index is 0.0149. The second-order valence-electron chi connectivity index (χ2n) is 7.67. The van der Waals surface area contributed by atoms with Crippen LogP contribution in [0.1, 0.15) is 35.8 Å². The molecule has 0 bridgehead atoms. The molecular formula is C24H26N4O. The summed E-state index contributed by atoms with van der Waals surface area (Å²) in [5, 5.41) is 3.36. The number of nitrogens with one attached hydrogen (secondary N) is 1. The zero-order valence-electron chi connectivity index (χ0n) is 16.7. The molecule has 1 aromatic heterocycles. The molecule has 1 fully saturated rings. The third kappa shape index (κ3) is 4.80. The Kier molecular flexibility index (Phi) is 5.84. The van der Waals surface area contributed by atoms with E-state index in [1.165, 1.54) is 6.42 Å². The molecule has 148 valence electrons. The zero-order chi connectivity index (χ0) is 20.1. The highest BCUT2D eigenvalue weighted by Crippen LogP contribution is 2.22. The smallest absolute Gasteiger partial charge is 0.272 e. The molecule has 2 aromatic carbocycles. The number of carbonyl (C=O) groups is 1. The first kappa shape index (κ1) is 19.1. The quantitative estimate of drug-likeness (QED) is 0.695. The first-order valence-electron chi connectivity index (χ1n) is 10.2. The summed E-state index contributed by atoms with van der Waals surface area (Å²) in [6.45, 7) is 4.42. The van der Waals surface area contributed by atoms with Gasteiger partial charge in [0.1, 0.15) is 11.5 Å². The number of hydrogen-bond acceptors (Lipinski definition) is 4. The average molecular weight is 386 g/mol. The Hall–Kier alpha value is -3.21. The van der Waals surface area contributed by atoms with Crippen LogP contribution in [0.2, 0.25) is 0 Å². The molecule has 1 N–H and O–H groups in total. The standard InChI is InChI=1S/C24H26N4O/c1-18-9-8-14-28(17-18)24(29)21-15-22(25-16-19-10-4-2-5-11-19)27-23(26-21)20-12-6-3-7-13-20/h2-7,10-13,15,18H,8-9,14,16-17H2,1H3,(H,25,26,27). The Labute approximate surface area is 171 Å². The summed E-state index contributed by atoms with van der Waals surface area (Å²) in [6.07, 6.45) is 2.22. The molecular weight excluding hydrogens is 360 g/mol. The van der Waals surface area contributed by atoms with Gasteiger partial charge in [0, 0.05) is 31.3 Å². The molecule has 2 heterocycles. The van der Waals surface area contributed by atoms with Crippen LogP contribution in [-0.4, -0.2) is 33.9 Å². The number of nitrogens with zero attached hydrogens (tertiary/aromatic N) is 3. The van der Waals surface area contributed by atoms with Crippen molar-refractivity contribution in [3.8, 4) is 11.4 Å². The Morgan fingerprint density at radius 3 is 2.52 bits per heavy atom. The Bertz CT molecular complexity index is 959. The van der Waals surface area contributed by atoms with Crippen LogP contribution >= 0.6 is 0 Å². The molecule has 1 unspecified atom stereocenters. The second-order valence-corrected chi connectivity index (χ2v) is 7.67. The highest BCUT2D eigenvalue weighted by molar-refractivity contribution is 5.93. The maximum Gasteiger partial charge on any atom is 0.272 e. The molecule has 0 saturated carbocycles. The predicted octanol–water partition coefficient (Wildman–Crippen LogP) is 4.63. The number of carbonyl (C=O) groups excluding carboxylic acids is 1. The van der Waals surface area contributed by atoms with E-state index >= 15 is 0 Å². The van der Waals surface area contributed by atoms with Crippen molar-refractivity contribution in [1.82, 2.24) is 14.9 Å². The summed E-state index contributed by atoms with van der Waals surface area (Å²) < 4.78 is 0. The van der Waals surface area contributed by atoms with E-state index in [-0.39, 0.29) is 5.91 Å². The van der Waals surface area contributed by atoms with Crippen LogP contribution < -0.4 is 5.32 Å². The van der Waals surface area contributed by atoms with Crippen LogP contribution in [0.15, 0.2) is 66.7 Å². The fourth-order valence-corrected chi connectivity index (χ4v) is 3.69. The van der Waals surface area contributed by atoms with E-state index in [2.05, 4.69) is 34.3 Å². The van der Waals surface area contributed by atoms with Crippen LogP contribution in [0.25, 0.3) is 11.4 Å². The van der Waals surface area contributed by atoms with E-state index in [0.717, 1.165) is 30.6 Å². The van der Waals surface area contributed by atoms with E-state index in [1.54, 1.807) is 6.07 Å². The lowest BCUT2D eigenvalue weighted by Crippen LogP contribution is -2.39. The number of aromatic nitrogens is 2. The van der Waals surface area contributed by atoms with Crippen molar-refractivity contribution in [1.29, 1.82) is 0 Å². The van der Waals surface area contributed by atoms with Gasteiger partial charge in [-0.05, 0) is 24.3 Å². The summed E-state index contributed by atoms with van der Waals surface area (Å²) in [6, 6.07) is 21.7. The molecule has 0 spiro atoms. The van der Waals surface area contributed by atoms with Crippen LogP contribution in [0.4, 0.5) is 5.82 Å². The molecule has 5 heteroatoms. The topological polar surface area (TPSA) is 58.1 Å². The number of rotatable bonds is 5. The Balaban J connectivity index is 1.63. The van der Waals surface area contributed by atoms with Gasteiger partial charge in [-0.15, -0.1) is 0 Å². The lowest BCUT2D eigenvalue weighted by atomic mass is 10.00. The van der Waals surface area contributed by atoms with Gasteiger partial charge in [0.15, 0.2) is 5.82 Å². The van der Waals surface area contributed by atoms with E-state index < -0.39 is 0 Å². The monoisotopic (exact) mass is 386 g/mol. The van der Waals surface area contributed by atoms with Gasteiger partial charge in [-0.3, -0.25) is 4.79 Å². The van der Waals surface area contributed by atoms with Crippen LogP contribution in [-0.2, 0) is 6.54 Å². The van der Waals surface area contributed by atoms with E-state index in [1.807, 2.05) is 53.4 Å². The normalized spacial score (nSPS) is 16.4. The predicted molar refractivity (Wildman–Crippen MR) is 116 cm³/mol. The van der Waals surface area contributed by atoms with Crippen molar-refractivity contribution in [2.75, 3.05) is 18.4 Å². The van der Waals surface area contributed by atoms with Gasteiger partial charge in [-0.1, -0.05) is 67.6 Å². The summed E-state index contributed by atoms with van der Waals surface area (Å²) in [5.41, 5.74) is 2.51. The largest absolute Gasteiger partial charge is 0.366 e. The van der Waals surface area contributed by atoms with Crippen molar-refractivity contribution < 1.29 is 4.79 Å². The summed E-state index contributed by atoms with van der Waals surface area (Å²) in [5.74, 6) is 1.74. The van der Waals surface area contributed by atoms with Crippen molar-refractivity contribution in [3.05, 3.63) is 78.0 Å². The molecule has 5 nitrogen and oxygen atoms in total. The third-order valence-electron chi connectivity index (χ3n) is 5.24. The van der Waals surface area contributed by atoms with Gasteiger partial charge in [0.25, 0.3) is 5.91 Å². The van der Waals surface area contributed by atoms with Crippen molar-refractivity contribution in [3.63, 3.8) is 0 Å². The highest BCUT2D eigenvalue weighted by Gasteiger charge is 2.24. The van der Waals surface area contributed by atoms with Crippen molar-refractivity contribution in [2.24, 2.45) is 5.92 Å². The highest BCUT2D eigenvalue weighted by atomic mass is 16.2. The van der Waals surface area contributed by atoms with Crippen LogP contribution in [0.3, 0.4) is 0 Å². The van der Waals surface area contributed by atoms with E-state index in [4.69, 9.17) is 0 Å². The summed E-state index contributed by atoms with van der Waals surface area (Å²) in [4.78, 5) is 24.4. The lowest BCUT2D eigenvalue weighted by Gasteiger charge is -2.30. The Morgan fingerprint density at radius 2 is 1.79 bits per heavy atom. The number of amides is 1. The van der Waals surface area contributed by atoms with E-state index in [9.17, 15) is 4.79 Å². The van der Waals surface area contributed by atoms with Crippen LogP contribution in [0.5, 0.6) is 0 Å². The van der Waals surface area contributed by atoms with Gasteiger partial charge in [-0.25, -0.2) is 9.97 Å². The van der Waals surface area contributed by atoms with Gasteiger partial charge in [-0.2, -0.15) is 0 Å².